The summed E-state index contributed by atoms with van der Waals surface area (Å²) in [7, 11) is 0. The zero-order valence-electron chi connectivity index (χ0n) is 15.0. The first-order valence-corrected chi connectivity index (χ1v) is 9.11. The number of carbonyl (C=O) groups excluding carboxylic acids is 2. The van der Waals surface area contributed by atoms with Crippen molar-refractivity contribution >= 4 is 11.8 Å². The van der Waals surface area contributed by atoms with Crippen LogP contribution in [0.5, 0.6) is 0 Å². The largest absolute Gasteiger partial charge is 0.351 e. The third kappa shape index (κ3) is 5.36. The molecule has 1 aliphatic carbocycles. The van der Waals surface area contributed by atoms with E-state index in [4.69, 9.17) is 0 Å². The second-order valence-corrected chi connectivity index (χ2v) is 7.33. The second kappa shape index (κ2) is 8.86. The summed E-state index contributed by atoms with van der Waals surface area (Å²) in [6.07, 6.45) is 4.92. The van der Waals surface area contributed by atoms with E-state index in [2.05, 4.69) is 17.6 Å². The molecule has 1 aromatic rings. The predicted octanol–water partition coefficient (Wildman–Crippen LogP) is 3.06. The van der Waals surface area contributed by atoms with Crippen molar-refractivity contribution in [2.24, 2.45) is 11.8 Å². The van der Waals surface area contributed by atoms with E-state index in [1.165, 1.54) is 12.8 Å². The molecule has 1 saturated carbocycles. The van der Waals surface area contributed by atoms with Crippen LogP contribution in [0.1, 0.15) is 52.0 Å². The van der Waals surface area contributed by atoms with Crippen LogP contribution in [0.25, 0.3) is 0 Å². The Morgan fingerprint density at radius 1 is 1.12 bits per heavy atom. The molecule has 2 amide bonds. The molecule has 0 spiro atoms. The molecule has 3 atom stereocenters. The molecule has 132 valence electrons. The summed E-state index contributed by atoms with van der Waals surface area (Å²) in [5.41, 5.74) is 0.957. The maximum absolute atomic E-state index is 12.7. The van der Waals surface area contributed by atoms with Gasteiger partial charge in [-0.2, -0.15) is 0 Å². The minimum atomic E-state index is -0.477. The van der Waals surface area contributed by atoms with E-state index >= 15 is 0 Å². The topological polar surface area (TPSA) is 58.2 Å². The summed E-state index contributed by atoms with van der Waals surface area (Å²) in [6.45, 7) is 6.14. The molecule has 0 saturated heterocycles. The van der Waals surface area contributed by atoms with E-state index in [9.17, 15) is 9.59 Å². The molecule has 1 aromatic carbocycles. The molecule has 0 aliphatic heterocycles. The van der Waals surface area contributed by atoms with Crippen molar-refractivity contribution in [3.05, 3.63) is 35.9 Å². The number of benzene rings is 1. The minimum Gasteiger partial charge on any atom is -0.351 e. The fourth-order valence-corrected chi connectivity index (χ4v) is 3.34. The molecule has 3 unspecified atom stereocenters. The number of rotatable bonds is 6. The van der Waals surface area contributed by atoms with Crippen LogP contribution in [-0.4, -0.2) is 23.9 Å². The monoisotopic (exact) mass is 330 g/mol. The third-order valence-corrected chi connectivity index (χ3v) is 4.91. The Morgan fingerprint density at radius 2 is 1.79 bits per heavy atom. The standard InChI is InChI=1S/C20H30N2O2/c1-14(2)19(20(24)21-17-12-8-7-9-15(17)3)22-18(23)13-16-10-5-4-6-11-16/h4-6,10-11,14-15,17,19H,7-9,12-13H2,1-3H3,(H,21,24)(H,22,23). The van der Waals surface area contributed by atoms with E-state index < -0.39 is 6.04 Å². The lowest BCUT2D eigenvalue weighted by Crippen LogP contribution is -2.53. The van der Waals surface area contributed by atoms with Crippen molar-refractivity contribution in [2.45, 2.75) is 65.0 Å². The molecule has 2 N–H and O–H groups in total. The van der Waals surface area contributed by atoms with Crippen LogP contribution in [0, 0.1) is 11.8 Å². The van der Waals surface area contributed by atoms with Crippen LogP contribution in [0.2, 0.25) is 0 Å². The molecule has 24 heavy (non-hydrogen) atoms. The Labute approximate surface area is 145 Å². The summed E-state index contributed by atoms with van der Waals surface area (Å²) in [5, 5.41) is 6.08. The smallest absolute Gasteiger partial charge is 0.243 e. The molecular formula is C20H30N2O2. The van der Waals surface area contributed by atoms with Gasteiger partial charge in [0.25, 0.3) is 0 Å². The van der Waals surface area contributed by atoms with Gasteiger partial charge in [-0.25, -0.2) is 0 Å². The molecule has 2 rings (SSSR count). The molecule has 4 heteroatoms. The Hall–Kier alpha value is -1.84. The highest BCUT2D eigenvalue weighted by Gasteiger charge is 2.29. The molecule has 1 fully saturated rings. The van der Waals surface area contributed by atoms with Gasteiger partial charge in [0, 0.05) is 6.04 Å². The second-order valence-electron chi connectivity index (χ2n) is 7.33. The van der Waals surface area contributed by atoms with Crippen molar-refractivity contribution in [2.75, 3.05) is 0 Å². The average Bonchev–Trinajstić information content (AvgIpc) is 2.55. The van der Waals surface area contributed by atoms with Crippen molar-refractivity contribution < 1.29 is 9.59 Å². The third-order valence-electron chi connectivity index (χ3n) is 4.91. The van der Waals surface area contributed by atoms with Crippen molar-refractivity contribution in [3.8, 4) is 0 Å². The number of hydrogen-bond acceptors (Lipinski definition) is 2. The lowest BCUT2D eigenvalue weighted by atomic mass is 9.85. The normalized spacial score (nSPS) is 22.0. The molecule has 0 bridgehead atoms. The molecule has 0 aromatic heterocycles. The highest BCUT2D eigenvalue weighted by Crippen LogP contribution is 2.24. The zero-order valence-corrected chi connectivity index (χ0v) is 15.0. The van der Waals surface area contributed by atoms with Gasteiger partial charge in [-0.3, -0.25) is 9.59 Å². The number of amides is 2. The zero-order chi connectivity index (χ0) is 17.5. The summed E-state index contributed by atoms with van der Waals surface area (Å²) in [6, 6.07) is 9.37. The fourth-order valence-electron chi connectivity index (χ4n) is 3.34. The van der Waals surface area contributed by atoms with Gasteiger partial charge in [-0.1, -0.05) is 63.9 Å². The van der Waals surface area contributed by atoms with Crippen LogP contribution in [-0.2, 0) is 16.0 Å². The Morgan fingerprint density at radius 3 is 2.42 bits per heavy atom. The van der Waals surface area contributed by atoms with Crippen LogP contribution in [0.3, 0.4) is 0 Å². The first-order valence-electron chi connectivity index (χ1n) is 9.11. The average molecular weight is 330 g/mol. The summed E-state index contributed by atoms with van der Waals surface area (Å²) < 4.78 is 0. The van der Waals surface area contributed by atoms with Gasteiger partial charge < -0.3 is 10.6 Å². The van der Waals surface area contributed by atoms with Crippen molar-refractivity contribution in [3.63, 3.8) is 0 Å². The fraction of sp³-hybridized carbons (Fsp3) is 0.600. The SMILES string of the molecule is CC(C)C(NC(=O)Cc1ccccc1)C(=O)NC1CCCCC1C. The molecular weight excluding hydrogens is 300 g/mol. The van der Waals surface area contributed by atoms with Crippen LogP contribution < -0.4 is 10.6 Å². The predicted molar refractivity (Wildman–Crippen MR) is 96.5 cm³/mol. The highest BCUT2D eigenvalue weighted by atomic mass is 16.2. The first-order chi connectivity index (χ1) is 11.5. The molecule has 0 radical (unpaired) electrons. The Kier molecular flexibility index (Phi) is 6.83. The summed E-state index contributed by atoms with van der Waals surface area (Å²) in [4.78, 5) is 25.0. The van der Waals surface area contributed by atoms with Gasteiger partial charge in [-0.05, 0) is 30.2 Å². The summed E-state index contributed by atoms with van der Waals surface area (Å²) >= 11 is 0. The van der Waals surface area contributed by atoms with Gasteiger partial charge in [-0.15, -0.1) is 0 Å². The van der Waals surface area contributed by atoms with E-state index in [-0.39, 0.29) is 23.8 Å². The van der Waals surface area contributed by atoms with E-state index in [0.29, 0.717) is 12.3 Å². The van der Waals surface area contributed by atoms with Crippen LogP contribution >= 0.6 is 0 Å². The van der Waals surface area contributed by atoms with Crippen molar-refractivity contribution in [1.82, 2.24) is 10.6 Å². The van der Waals surface area contributed by atoms with Gasteiger partial charge >= 0.3 is 0 Å². The van der Waals surface area contributed by atoms with E-state index in [0.717, 1.165) is 18.4 Å². The molecule has 4 nitrogen and oxygen atoms in total. The Balaban J connectivity index is 1.92. The number of hydrogen-bond donors (Lipinski definition) is 2. The lowest BCUT2D eigenvalue weighted by Gasteiger charge is -2.32. The van der Waals surface area contributed by atoms with Crippen LogP contribution in [0.4, 0.5) is 0 Å². The van der Waals surface area contributed by atoms with Gasteiger partial charge in [0.05, 0.1) is 6.42 Å². The minimum absolute atomic E-state index is 0.0508. The maximum Gasteiger partial charge on any atom is 0.243 e. The number of nitrogens with one attached hydrogen (secondary N) is 2. The van der Waals surface area contributed by atoms with Crippen LogP contribution in [0.15, 0.2) is 30.3 Å². The number of carbonyl (C=O) groups is 2. The van der Waals surface area contributed by atoms with Crippen molar-refractivity contribution in [1.29, 1.82) is 0 Å². The highest BCUT2D eigenvalue weighted by molar-refractivity contribution is 5.88. The Bertz CT molecular complexity index is 542. The van der Waals surface area contributed by atoms with Gasteiger partial charge in [0.15, 0.2) is 0 Å². The van der Waals surface area contributed by atoms with E-state index in [1.54, 1.807) is 0 Å². The molecule has 1 aliphatic rings. The van der Waals surface area contributed by atoms with Gasteiger partial charge in [0.1, 0.15) is 6.04 Å². The lowest BCUT2D eigenvalue weighted by molar-refractivity contribution is -0.130. The summed E-state index contributed by atoms with van der Waals surface area (Å²) in [5.74, 6) is 0.413. The van der Waals surface area contributed by atoms with E-state index in [1.807, 2.05) is 44.2 Å². The first kappa shape index (κ1) is 18.5. The molecule has 0 heterocycles. The quantitative estimate of drug-likeness (QED) is 0.842. The maximum atomic E-state index is 12.7. The van der Waals surface area contributed by atoms with Gasteiger partial charge in [0.2, 0.25) is 11.8 Å².